The van der Waals surface area contributed by atoms with Crippen LogP contribution in [-0.4, -0.2) is 58.6 Å². The monoisotopic (exact) mass is 452 g/mol. The molecule has 0 aliphatic carbocycles. The van der Waals surface area contributed by atoms with Crippen molar-refractivity contribution in [3.63, 3.8) is 0 Å². The molecule has 3 aromatic rings. The summed E-state index contributed by atoms with van der Waals surface area (Å²) in [4.78, 5) is 26.7. The Bertz CT molecular complexity index is 1120. The number of nitrogens with zero attached hydrogens (tertiary/aromatic N) is 4. The molecule has 2 aromatic carbocycles. The van der Waals surface area contributed by atoms with Crippen LogP contribution in [0.3, 0.4) is 0 Å². The van der Waals surface area contributed by atoms with Crippen molar-refractivity contribution in [2.75, 3.05) is 25.0 Å². The van der Waals surface area contributed by atoms with Crippen LogP contribution < -0.4 is 10.2 Å². The van der Waals surface area contributed by atoms with Crippen molar-refractivity contribution in [2.45, 2.75) is 26.1 Å². The van der Waals surface area contributed by atoms with E-state index in [1.54, 1.807) is 18.3 Å². The SMILES string of the molecule is CC(=O)NCC1CN(c2ccc(-c3ccc(CN(C)Cc4cnn[nH]4)cc3)c(F)c2)C(=O)O1. The van der Waals surface area contributed by atoms with Crippen LogP contribution in [0.25, 0.3) is 11.1 Å². The molecular weight excluding hydrogens is 427 g/mol. The van der Waals surface area contributed by atoms with Crippen LogP contribution >= 0.6 is 0 Å². The topological polar surface area (TPSA) is 103 Å². The van der Waals surface area contributed by atoms with E-state index in [0.717, 1.165) is 23.4 Å². The number of hydrogen-bond acceptors (Lipinski definition) is 6. The van der Waals surface area contributed by atoms with E-state index >= 15 is 0 Å². The zero-order valence-corrected chi connectivity index (χ0v) is 18.4. The fraction of sp³-hybridized carbons (Fsp3) is 0.304. The number of hydrogen-bond donors (Lipinski definition) is 2. The number of rotatable bonds is 8. The van der Waals surface area contributed by atoms with Crippen molar-refractivity contribution in [2.24, 2.45) is 0 Å². The Morgan fingerprint density at radius 3 is 2.73 bits per heavy atom. The van der Waals surface area contributed by atoms with Crippen LogP contribution in [0.15, 0.2) is 48.7 Å². The third-order valence-electron chi connectivity index (χ3n) is 5.34. The van der Waals surface area contributed by atoms with E-state index in [-0.39, 0.29) is 19.0 Å². The molecule has 2 N–H and O–H groups in total. The molecule has 1 fully saturated rings. The molecule has 172 valence electrons. The average molecular weight is 452 g/mol. The van der Waals surface area contributed by atoms with Gasteiger partial charge in [0.1, 0.15) is 11.9 Å². The Hall–Kier alpha value is -3.79. The number of H-pyrrole nitrogens is 1. The number of benzene rings is 2. The fourth-order valence-corrected chi connectivity index (χ4v) is 3.75. The van der Waals surface area contributed by atoms with Crippen molar-refractivity contribution in [1.82, 2.24) is 25.6 Å². The van der Waals surface area contributed by atoms with Crippen molar-refractivity contribution in [3.8, 4) is 11.1 Å². The molecule has 4 rings (SSSR count). The number of carbonyl (C=O) groups is 2. The third kappa shape index (κ3) is 5.53. The van der Waals surface area contributed by atoms with Gasteiger partial charge in [0.15, 0.2) is 0 Å². The van der Waals surface area contributed by atoms with Crippen LogP contribution in [0, 0.1) is 5.82 Å². The average Bonchev–Trinajstić information content (AvgIpc) is 3.42. The van der Waals surface area contributed by atoms with Gasteiger partial charge in [-0.25, -0.2) is 9.18 Å². The smallest absolute Gasteiger partial charge is 0.414 e. The van der Waals surface area contributed by atoms with Gasteiger partial charge in [0, 0.05) is 25.6 Å². The van der Waals surface area contributed by atoms with Crippen LogP contribution in [0.4, 0.5) is 14.9 Å². The number of amides is 2. The molecule has 33 heavy (non-hydrogen) atoms. The minimum absolute atomic E-state index is 0.201. The van der Waals surface area contributed by atoms with Crippen molar-refractivity contribution >= 4 is 17.7 Å². The van der Waals surface area contributed by atoms with Crippen LogP contribution in [0.5, 0.6) is 0 Å². The van der Waals surface area contributed by atoms with Gasteiger partial charge in [-0.15, -0.1) is 5.10 Å². The molecule has 1 aliphatic heterocycles. The summed E-state index contributed by atoms with van der Waals surface area (Å²) in [6, 6.07) is 12.4. The maximum atomic E-state index is 14.9. The summed E-state index contributed by atoms with van der Waals surface area (Å²) in [5, 5.41) is 12.9. The molecule has 1 saturated heterocycles. The van der Waals surface area contributed by atoms with Crippen molar-refractivity contribution in [1.29, 1.82) is 0 Å². The summed E-state index contributed by atoms with van der Waals surface area (Å²) in [6.45, 7) is 3.27. The molecule has 0 saturated carbocycles. The molecule has 0 bridgehead atoms. The second-order valence-corrected chi connectivity index (χ2v) is 8.07. The quantitative estimate of drug-likeness (QED) is 0.545. The van der Waals surface area contributed by atoms with Gasteiger partial charge in [-0.1, -0.05) is 29.5 Å². The zero-order valence-electron chi connectivity index (χ0n) is 18.4. The molecule has 1 aromatic heterocycles. The first-order chi connectivity index (χ1) is 15.9. The summed E-state index contributed by atoms with van der Waals surface area (Å²) in [6.07, 6.45) is 0.660. The lowest BCUT2D eigenvalue weighted by atomic mass is 10.0. The Balaban J connectivity index is 1.40. The molecule has 0 spiro atoms. The van der Waals surface area contributed by atoms with E-state index in [4.69, 9.17) is 4.74 Å². The number of cyclic esters (lactones) is 1. The normalized spacial score (nSPS) is 15.7. The van der Waals surface area contributed by atoms with Gasteiger partial charge in [0.05, 0.1) is 30.7 Å². The minimum atomic E-state index is -0.558. The Labute approximate surface area is 190 Å². The highest BCUT2D eigenvalue weighted by molar-refractivity contribution is 5.90. The standard InChI is InChI=1S/C23H25FN6O3/c1-15(31)25-11-20-14-30(23(32)33-20)19-7-8-21(22(24)9-19)17-5-3-16(4-6-17)12-29(2)13-18-10-26-28-27-18/h3-10,20H,11-14H2,1-2H3,(H,25,31)(H,26,27,28). The van der Waals surface area contributed by atoms with Crippen LogP contribution in [0.1, 0.15) is 18.2 Å². The third-order valence-corrected chi connectivity index (χ3v) is 5.34. The summed E-state index contributed by atoms with van der Waals surface area (Å²) < 4.78 is 20.2. The number of aromatic nitrogens is 3. The van der Waals surface area contributed by atoms with Crippen LogP contribution in [0.2, 0.25) is 0 Å². The Kier molecular flexibility index (Phi) is 6.64. The van der Waals surface area contributed by atoms with E-state index in [1.165, 1.54) is 17.9 Å². The van der Waals surface area contributed by atoms with E-state index in [0.29, 0.717) is 17.8 Å². The van der Waals surface area contributed by atoms with Crippen molar-refractivity contribution in [3.05, 3.63) is 65.7 Å². The molecular formula is C23H25FN6O3. The maximum Gasteiger partial charge on any atom is 0.414 e. The van der Waals surface area contributed by atoms with E-state index in [9.17, 15) is 14.0 Å². The van der Waals surface area contributed by atoms with E-state index in [2.05, 4.69) is 25.6 Å². The number of ether oxygens (including phenoxy) is 1. The second kappa shape index (κ2) is 9.78. The molecule has 1 unspecified atom stereocenters. The minimum Gasteiger partial charge on any atom is -0.442 e. The molecule has 10 heteroatoms. The first-order valence-corrected chi connectivity index (χ1v) is 10.5. The largest absolute Gasteiger partial charge is 0.442 e. The Morgan fingerprint density at radius 2 is 2.06 bits per heavy atom. The lowest BCUT2D eigenvalue weighted by molar-refractivity contribution is -0.119. The number of nitrogens with one attached hydrogen (secondary N) is 2. The molecule has 0 radical (unpaired) electrons. The number of aromatic amines is 1. The lowest BCUT2D eigenvalue weighted by Crippen LogP contribution is -2.33. The molecule has 9 nitrogen and oxygen atoms in total. The van der Waals surface area contributed by atoms with E-state index in [1.807, 2.05) is 31.3 Å². The highest BCUT2D eigenvalue weighted by Crippen LogP contribution is 2.29. The zero-order chi connectivity index (χ0) is 23.4. The van der Waals surface area contributed by atoms with E-state index < -0.39 is 18.0 Å². The second-order valence-electron chi connectivity index (χ2n) is 8.07. The van der Waals surface area contributed by atoms with Crippen molar-refractivity contribution < 1.29 is 18.7 Å². The highest BCUT2D eigenvalue weighted by atomic mass is 19.1. The molecule has 2 amide bonds. The first kappa shape index (κ1) is 22.4. The Morgan fingerprint density at radius 1 is 1.27 bits per heavy atom. The fourth-order valence-electron chi connectivity index (χ4n) is 3.75. The summed E-state index contributed by atoms with van der Waals surface area (Å²) in [5.41, 5.74) is 3.63. The summed E-state index contributed by atoms with van der Waals surface area (Å²) in [7, 11) is 2.00. The predicted octanol–water partition coefficient (Wildman–Crippen LogP) is 2.70. The summed E-state index contributed by atoms with van der Waals surface area (Å²) >= 11 is 0. The number of anilines is 1. The molecule has 1 aliphatic rings. The van der Waals surface area contributed by atoms with Gasteiger partial charge >= 0.3 is 6.09 Å². The van der Waals surface area contributed by atoms with Gasteiger partial charge in [0.2, 0.25) is 5.91 Å². The molecule has 2 heterocycles. The van der Waals surface area contributed by atoms with Gasteiger partial charge in [-0.05, 0) is 36.4 Å². The molecule has 1 atom stereocenters. The highest BCUT2D eigenvalue weighted by Gasteiger charge is 2.32. The lowest BCUT2D eigenvalue weighted by Gasteiger charge is -2.16. The van der Waals surface area contributed by atoms with Gasteiger partial charge in [0.25, 0.3) is 0 Å². The number of carbonyl (C=O) groups excluding carboxylic acids is 2. The predicted molar refractivity (Wildman–Crippen MR) is 120 cm³/mol. The summed E-state index contributed by atoms with van der Waals surface area (Å²) in [5.74, 6) is -0.630. The maximum absolute atomic E-state index is 14.9. The first-order valence-electron chi connectivity index (χ1n) is 10.5. The van der Waals surface area contributed by atoms with Gasteiger partial charge in [-0.2, -0.15) is 0 Å². The van der Waals surface area contributed by atoms with Gasteiger partial charge < -0.3 is 10.1 Å². The number of halogens is 1. The van der Waals surface area contributed by atoms with Crippen LogP contribution in [-0.2, 0) is 22.6 Å². The van der Waals surface area contributed by atoms with Gasteiger partial charge in [-0.3, -0.25) is 19.7 Å².